The Kier molecular flexibility index (Phi) is 6.31. The van der Waals surface area contributed by atoms with Crippen molar-refractivity contribution in [3.8, 4) is 0 Å². The number of fused-ring (bicyclic) bond motifs is 1. The van der Waals surface area contributed by atoms with Gasteiger partial charge in [0.05, 0.1) is 0 Å². The van der Waals surface area contributed by atoms with Gasteiger partial charge in [-0.2, -0.15) is 0 Å². The Morgan fingerprint density at radius 2 is 1.82 bits per heavy atom. The fourth-order valence-electron chi connectivity index (χ4n) is 3.22. The molecule has 0 aromatic heterocycles. The van der Waals surface area contributed by atoms with E-state index in [0.717, 1.165) is 29.7 Å². The molecule has 0 atom stereocenters. The van der Waals surface area contributed by atoms with Crippen LogP contribution in [0.5, 0.6) is 0 Å². The van der Waals surface area contributed by atoms with Crippen LogP contribution in [0.25, 0.3) is 0 Å². The molecule has 1 aliphatic heterocycles. The maximum atomic E-state index is 12.2. The molecule has 28 heavy (non-hydrogen) atoms. The first kappa shape index (κ1) is 19.9. The van der Waals surface area contributed by atoms with Crippen LogP contribution in [0.1, 0.15) is 24.5 Å². The number of hydrogen-bond donors (Lipinski definition) is 2. The van der Waals surface area contributed by atoms with Crippen molar-refractivity contribution in [2.24, 2.45) is 0 Å². The average Bonchev–Trinajstić information content (AvgIpc) is 2.68. The van der Waals surface area contributed by atoms with Gasteiger partial charge in [0.1, 0.15) is 0 Å². The highest BCUT2D eigenvalue weighted by atomic mass is 35.5. The number of anilines is 2. The van der Waals surface area contributed by atoms with Crippen LogP contribution in [-0.2, 0) is 27.2 Å². The van der Waals surface area contributed by atoms with Crippen LogP contribution in [0, 0.1) is 0 Å². The molecular formula is C21H22ClN3O3. The fourth-order valence-corrected chi connectivity index (χ4v) is 3.34. The average molecular weight is 400 g/mol. The lowest BCUT2D eigenvalue weighted by Crippen LogP contribution is -2.37. The Morgan fingerprint density at radius 3 is 2.54 bits per heavy atom. The molecule has 0 spiro atoms. The van der Waals surface area contributed by atoms with Crippen molar-refractivity contribution in [3.63, 3.8) is 0 Å². The van der Waals surface area contributed by atoms with Crippen molar-refractivity contribution < 1.29 is 14.4 Å². The van der Waals surface area contributed by atoms with Crippen LogP contribution in [0.3, 0.4) is 0 Å². The standard InChI is InChI=1S/C21H22ClN3O3/c1-14(26)25-12-2-3-16-6-9-18(13-19(16)25)24-21(28)20(27)23-11-10-15-4-7-17(22)8-5-15/h4-9,13H,2-3,10-12H2,1H3,(H,23,27)(H,24,28). The van der Waals surface area contributed by atoms with Gasteiger partial charge in [-0.25, -0.2) is 0 Å². The lowest BCUT2D eigenvalue weighted by atomic mass is 10.0. The molecule has 6 nitrogen and oxygen atoms in total. The van der Waals surface area contributed by atoms with Crippen molar-refractivity contribution in [3.05, 3.63) is 58.6 Å². The Bertz CT molecular complexity index is 896. The molecule has 2 aromatic rings. The van der Waals surface area contributed by atoms with Gasteiger partial charge in [-0.3, -0.25) is 14.4 Å². The number of nitrogens with zero attached hydrogens (tertiary/aromatic N) is 1. The largest absolute Gasteiger partial charge is 0.347 e. The first-order valence-corrected chi connectivity index (χ1v) is 9.56. The highest BCUT2D eigenvalue weighted by molar-refractivity contribution is 6.39. The SMILES string of the molecule is CC(=O)N1CCCc2ccc(NC(=O)C(=O)NCCc3ccc(Cl)cc3)cc21. The number of nitrogens with one attached hydrogen (secondary N) is 2. The van der Waals surface area contributed by atoms with E-state index in [2.05, 4.69) is 10.6 Å². The third kappa shape index (κ3) is 4.89. The molecule has 0 radical (unpaired) electrons. The van der Waals surface area contributed by atoms with Crippen LogP contribution >= 0.6 is 11.6 Å². The second-order valence-electron chi connectivity index (χ2n) is 6.70. The maximum Gasteiger partial charge on any atom is 0.313 e. The third-order valence-electron chi connectivity index (χ3n) is 4.66. The number of rotatable bonds is 4. The van der Waals surface area contributed by atoms with Crippen molar-refractivity contribution in [2.45, 2.75) is 26.2 Å². The predicted octanol–water partition coefficient (Wildman–Crippen LogP) is 2.94. The molecule has 2 aromatic carbocycles. The summed E-state index contributed by atoms with van der Waals surface area (Å²) in [6, 6.07) is 12.7. The van der Waals surface area contributed by atoms with Crippen LogP contribution < -0.4 is 15.5 Å². The molecule has 0 saturated carbocycles. The van der Waals surface area contributed by atoms with E-state index in [1.165, 1.54) is 6.92 Å². The van der Waals surface area contributed by atoms with Crippen LogP contribution in [0.15, 0.2) is 42.5 Å². The molecule has 1 aliphatic rings. The number of benzene rings is 2. The summed E-state index contributed by atoms with van der Waals surface area (Å²) < 4.78 is 0. The Balaban J connectivity index is 1.56. The predicted molar refractivity (Wildman–Crippen MR) is 110 cm³/mol. The minimum Gasteiger partial charge on any atom is -0.347 e. The summed E-state index contributed by atoms with van der Waals surface area (Å²) in [5, 5.41) is 5.86. The minimum atomic E-state index is -0.735. The molecule has 0 aliphatic carbocycles. The summed E-state index contributed by atoms with van der Waals surface area (Å²) in [5.74, 6) is -1.47. The van der Waals surface area contributed by atoms with Crippen molar-refractivity contribution in [1.82, 2.24) is 5.32 Å². The zero-order valence-electron chi connectivity index (χ0n) is 15.6. The molecule has 146 valence electrons. The second-order valence-corrected chi connectivity index (χ2v) is 7.14. The first-order chi connectivity index (χ1) is 13.4. The van der Waals surface area contributed by atoms with Crippen LogP contribution in [-0.4, -0.2) is 30.8 Å². The number of carbonyl (C=O) groups is 3. The van der Waals surface area contributed by atoms with Crippen LogP contribution in [0.4, 0.5) is 11.4 Å². The van der Waals surface area contributed by atoms with E-state index in [1.54, 1.807) is 29.2 Å². The summed E-state index contributed by atoms with van der Waals surface area (Å²) in [5.41, 5.74) is 3.36. The van der Waals surface area contributed by atoms with E-state index in [4.69, 9.17) is 11.6 Å². The zero-order valence-corrected chi connectivity index (χ0v) is 16.4. The van der Waals surface area contributed by atoms with E-state index in [1.807, 2.05) is 18.2 Å². The van der Waals surface area contributed by atoms with E-state index in [0.29, 0.717) is 30.2 Å². The molecule has 0 bridgehead atoms. The summed E-state index contributed by atoms with van der Waals surface area (Å²) >= 11 is 5.84. The van der Waals surface area contributed by atoms with Crippen molar-refractivity contribution in [1.29, 1.82) is 0 Å². The number of aryl methyl sites for hydroxylation is 1. The highest BCUT2D eigenvalue weighted by Gasteiger charge is 2.21. The van der Waals surface area contributed by atoms with Gasteiger partial charge in [0.25, 0.3) is 0 Å². The number of carbonyl (C=O) groups excluding carboxylic acids is 3. The molecule has 2 N–H and O–H groups in total. The lowest BCUT2D eigenvalue weighted by Gasteiger charge is -2.29. The molecule has 7 heteroatoms. The molecule has 0 fully saturated rings. The first-order valence-electron chi connectivity index (χ1n) is 9.18. The Morgan fingerprint density at radius 1 is 1.07 bits per heavy atom. The normalized spacial score (nSPS) is 12.9. The number of hydrogen-bond acceptors (Lipinski definition) is 3. The molecule has 0 saturated heterocycles. The zero-order chi connectivity index (χ0) is 20.1. The summed E-state index contributed by atoms with van der Waals surface area (Å²) in [7, 11) is 0. The monoisotopic (exact) mass is 399 g/mol. The fraction of sp³-hybridized carbons (Fsp3) is 0.286. The van der Waals surface area contributed by atoms with Gasteiger partial charge in [0.2, 0.25) is 5.91 Å². The van der Waals surface area contributed by atoms with Crippen LogP contribution in [0.2, 0.25) is 5.02 Å². The van der Waals surface area contributed by atoms with Gasteiger partial charge < -0.3 is 15.5 Å². The summed E-state index contributed by atoms with van der Waals surface area (Å²) in [6.45, 7) is 2.52. The second kappa shape index (κ2) is 8.89. The van der Waals surface area contributed by atoms with Gasteiger partial charge in [-0.05, 0) is 54.7 Å². The molecule has 3 amide bonds. The maximum absolute atomic E-state index is 12.2. The quantitative estimate of drug-likeness (QED) is 0.776. The molecular weight excluding hydrogens is 378 g/mol. The Hall–Kier alpha value is -2.86. The van der Waals surface area contributed by atoms with Crippen molar-refractivity contribution >= 4 is 40.7 Å². The van der Waals surface area contributed by atoms with E-state index in [9.17, 15) is 14.4 Å². The highest BCUT2D eigenvalue weighted by Crippen LogP contribution is 2.30. The summed E-state index contributed by atoms with van der Waals surface area (Å²) in [4.78, 5) is 37.7. The van der Waals surface area contributed by atoms with E-state index < -0.39 is 11.8 Å². The molecule has 0 unspecified atom stereocenters. The van der Waals surface area contributed by atoms with Gasteiger partial charge in [-0.15, -0.1) is 0 Å². The minimum absolute atomic E-state index is 0.0376. The van der Waals surface area contributed by atoms with Crippen molar-refractivity contribution in [2.75, 3.05) is 23.3 Å². The van der Waals surface area contributed by atoms with Gasteiger partial charge in [0, 0.05) is 36.4 Å². The molecule has 1 heterocycles. The lowest BCUT2D eigenvalue weighted by molar-refractivity contribution is -0.136. The van der Waals surface area contributed by atoms with E-state index >= 15 is 0 Å². The van der Waals surface area contributed by atoms with Gasteiger partial charge in [0.15, 0.2) is 0 Å². The van der Waals surface area contributed by atoms with Gasteiger partial charge >= 0.3 is 11.8 Å². The Labute approximate surface area is 168 Å². The smallest absolute Gasteiger partial charge is 0.313 e. The molecule has 3 rings (SSSR count). The number of halogens is 1. The third-order valence-corrected chi connectivity index (χ3v) is 4.91. The van der Waals surface area contributed by atoms with E-state index in [-0.39, 0.29) is 5.91 Å². The number of amides is 3. The summed E-state index contributed by atoms with van der Waals surface area (Å²) in [6.07, 6.45) is 2.40. The topological polar surface area (TPSA) is 78.5 Å². The van der Waals surface area contributed by atoms with Gasteiger partial charge in [-0.1, -0.05) is 29.8 Å².